The summed E-state index contributed by atoms with van der Waals surface area (Å²) in [4.78, 5) is 45.3. The van der Waals surface area contributed by atoms with Crippen LogP contribution in [0.25, 0.3) is 0 Å². The standard InChI is InChI=1S/C27H26N6O5S/c1-16(34)17-8-10-19(11-9-17)28-23(35)14-21-26(37)33(20-12-13-20)27(39)32(21)15-22-25(38-30-31(22)2)29-24(36)18-6-4-3-5-7-18/h3-11,20-21H,12-15H2,1-2H3,(H-,28,29,30,34,35,36). The minimum absolute atomic E-state index is 0.000219. The van der Waals surface area contributed by atoms with Crippen LogP contribution in [0.2, 0.25) is 0 Å². The number of aryl methyl sites for hydroxylation is 1. The van der Waals surface area contributed by atoms with Crippen LogP contribution in [0.1, 0.15) is 47.8 Å². The lowest BCUT2D eigenvalue weighted by Gasteiger charge is -2.21. The zero-order valence-corrected chi connectivity index (χ0v) is 22.2. The average molecular weight is 547 g/mol. The van der Waals surface area contributed by atoms with Crippen LogP contribution >= 0.6 is 12.2 Å². The van der Waals surface area contributed by atoms with Gasteiger partial charge in [-0.15, -0.1) is 0 Å². The number of aliphatic imine (C=N–C) groups is 1. The van der Waals surface area contributed by atoms with Crippen LogP contribution < -0.4 is 15.1 Å². The van der Waals surface area contributed by atoms with Crippen molar-refractivity contribution in [3.63, 3.8) is 0 Å². The molecule has 2 fully saturated rings. The number of nitrogens with one attached hydrogen (secondary N) is 1. The molecular formula is C27H26N6O5S. The van der Waals surface area contributed by atoms with Gasteiger partial charge in [0.2, 0.25) is 11.2 Å². The summed E-state index contributed by atoms with van der Waals surface area (Å²) in [5.74, 6) is -1.21. The molecule has 2 amide bonds. The van der Waals surface area contributed by atoms with Crippen molar-refractivity contribution in [3.05, 3.63) is 71.4 Å². The Bertz CT molecular complexity index is 1470. The van der Waals surface area contributed by atoms with Crippen molar-refractivity contribution >= 4 is 52.4 Å². The minimum atomic E-state index is -0.859. The number of benzene rings is 2. The summed E-state index contributed by atoms with van der Waals surface area (Å²) < 4.78 is 6.75. The number of anilines is 1. The van der Waals surface area contributed by atoms with E-state index in [0.29, 0.717) is 27.6 Å². The van der Waals surface area contributed by atoms with Crippen LogP contribution in [0.3, 0.4) is 0 Å². The molecule has 1 N–H and O–H groups in total. The van der Waals surface area contributed by atoms with E-state index in [1.54, 1.807) is 71.4 Å². The summed E-state index contributed by atoms with van der Waals surface area (Å²) in [6, 6.07) is 14.2. The molecule has 1 unspecified atom stereocenters. The molecule has 0 spiro atoms. The summed E-state index contributed by atoms with van der Waals surface area (Å²) in [6.45, 7) is 1.52. The Hall–Kier alpha value is -4.45. The van der Waals surface area contributed by atoms with Crippen molar-refractivity contribution in [3.8, 4) is 0 Å². The number of hydrogen-bond donors (Lipinski definition) is 1. The maximum atomic E-state index is 13.4. The van der Waals surface area contributed by atoms with Crippen molar-refractivity contribution < 1.29 is 28.7 Å². The predicted octanol–water partition coefficient (Wildman–Crippen LogP) is 1.63. The molecule has 1 aromatic heterocycles. The number of carbonyl (C=O) groups excluding carboxylic acids is 3. The maximum absolute atomic E-state index is 13.4. The molecule has 11 nitrogen and oxygen atoms in total. The average Bonchev–Trinajstić information content (AvgIpc) is 3.66. The quantitative estimate of drug-likeness (QED) is 0.141. The Morgan fingerprint density at radius 1 is 1.15 bits per heavy atom. The van der Waals surface area contributed by atoms with Gasteiger partial charge in [-0.2, -0.15) is 0 Å². The van der Waals surface area contributed by atoms with Gasteiger partial charge in [0.05, 0.1) is 6.42 Å². The number of nitrogens with zero attached hydrogens (tertiary/aromatic N) is 5. The fourth-order valence-corrected chi connectivity index (χ4v) is 4.80. The zero-order chi connectivity index (χ0) is 27.7. The van der Waals surface area contributed by atoms with Gasteiger partial charge in [-0.1, -0.05) is 30.3 Å². The SMILES string of the molecule is CC(=O)c1ccc(NC(=O)CC2C(=O)N(C3CC3)C(=S)N2Cc2c(/N=C(\[O-])c3ccccc3)on[n+]2C)cc1. The second-order valence-corrected chi connectivity index (χ2v) is 9.85. The van der Waals surface area contributed by atoms with Crippen molar-refractivity contribution in [1.82, 2.24) is 15.1 Å². The van der Waals surface area contributed by atoms with Crippen LogP contribution in [-0.2, 0) is 23.2 Å². The molecule has 1 aliphatic carbocycles. The minimum Gasteiger partial charge on any atom is -0.858 e. The molecule has 2 aliphatic rings. The normalized spacial score (nSPS) is 17.6. The first kappa shape index (κ1) is 26.2. The molecule has 2 heterocycles. The van der Waals surface area contributed by atoms with Gasteiger partial charge >= 0.3 is 5.88 Å². The molecule has 2 aromatic carbocycles. The van der Waals surface area contributed by atoms with Crippen molar-refractivity contribution in [2.24, 2.45) is 12.0 Å². The van der Waals surface area contributed by atoms with Crippen LogP contribution in [0, 0.1) is 0 Å². The van der Waals surface area contributed by atoms with E-state index < -0.39 is 11.9 Å². The summed E-state index contributed by atoms with van der Waals surface area (Å²) in [5, 5.41) is 19.7. The molecule has 200 valence electrons. The molecule has 0 radical (unpaired) electrons. The Balaban J connectivity index is 1.38. The highest BCUT2D eigenvalue weighted by molar-refractivity contribution is 7.80. The number of rotatable bonds is 9. The number of aromatic nitrogens is 2. The number of amides is 2. The van der Waals surface area contributed by atoms with Crippen LogP contribution in [0.4, 0.5) is 11.6 Å². The Morgan fingerprint density at radius 2 is 1.85 bits per heavy atom. The van der Waals surface area contributed by atoms with Gasteiger partial charge in [0.15, 0.2) is 17.9 Å². The van der Waals surface area contributed by atoms with Gasteiger partial charge in [0.25, 0.3) is 11.6 Å². The summed E-state index contributed by atoms with van der Waals surface area (Å²) in [5.41, 5.74) is 1.86. The molecular weight excluding hydrogens is 520 g/mol. The van der Waals surface area contributed by atoms with E-state index in [4.69, 9.17) is 16.7 Å². The van der Waals surface area contributed by atoms with E-state index in [9.17, 15) is 19.5 Å². The van der Waals surface area contributed by atoms with Crippen LogP contribution in [0.15, 0.2) is 64.1 Å². The first-order valence-electron chi connectivity index (χ1n) is 12.4. The lowest BCUT2D eigenvalue weighted by molar-refractivity contribution is -0.746. The molecule has 1 saturated carbocycles. The summed E-state index contributed by atoms with van der Waals surface area (Å²) in [6.07, 6.45) is 1.53. The highest BCUT2D eigenvalue weighted by atomic mass is 32.1. The summed E-state index contributed by atoms with van der Waals surface area (Å²) >= 11 is 5.69. The van der Waals surface area contributed by atoms with Crippen molar-refractivity contribution in [2.45, 2.75) is 44.8 Å². The molecule has 39 heavy (non-hydrogen) atoms. The molecule has 0 bridgehead atoms. The third-order valence-electron chi connectivity index (χ3n) is 6.65. The number of Topliss-reactive ketones (excluding diaryl/α,β-unsaturated/α-hetero) is 1. The van der Waals surface area contributed by atoms with E-state index in [1.165, 1.54) is 11.6 Å². The molecule has 1 aliphatic heterocycles. The van der Waals surface area contributed by atoms with Gasteiger partial charge in [-0.25, -0.2) is 4.99 Å². The first-order chi connectivity index (χ1) is 18.7. The maximum Gasteiger partial charge on any atom is 0.325 e. The number of thiocarbonyl (C=S) groups is 1. The number of hydrogen-bond acceptors (Lipinski definition) is 8. The first-order valence-corrected chi connectivity index (χ1v) is 12.8. The topological polar surface area (TPSA) is 135 Å². The second kappa shape index (κ2) is 10.7. The highest BCUT2D eigenvalue weighted by Crippen LogP contribution is 2.35. The molecule has 5 rings (SSSR count). The zero-order valence-electron chi connectivity index (χ0n) is 21.4. The Labute approximate surface area is 229 Å². The molecule has 1 atom stereocenters. The van der Waals surface area contributed by atoms with Crippen LogP contribution in [0.5, 0.6) is 0 Å². The Kier molecular flexibility index (Phi) is 7.20. The lowest BCUT2D eigenvalue weighted by atomic mass is 10.1. The number of ketones is 1. The van der Waals surface area contributed by atoms with Gasteiger partial charge in [-0.3, -0.25) is 23.8 Å². The molecule has 3 aromatic rings. The fourth-order valence-electron chi connectivity index (χ4n) is 4.37. The van der Waals surface area contributed by atoms with Crippen LogP contribution in [-0.4, -0.2) is 55.8 Å². The van der Waals surface area contributed by atoms with E-state index in [0.717, 1.165) is 12.8 Å². The van der Waals surface area contributed by atoms with E-state index in [2.05, 4.69) is 15.6 Å². The van der Waals surface area contributed by atoms with E-state index >= 15 is 0 Å². The summed E-state index contributed by atoms with van der Waals surface area (Å²) in [7, 11) is 1.64. The predicted molar refractivity (Wildman–Crippen MR) is 142 cm³/mol. The van der Waals surface area contributed by atoms with E-state index in [-0.39, 0.29) is 42.5 Å². The highest BCUT2D eigenvalue weighted by Gasteiger charge is 2.50. The smallest absolute Gasteiger partial charge is 0.325 e. The van der Waals surface area contributed by atoms with Gasteiger partial charge in [0, 0.05) is 17.3 Å². The molecule has 1 saturated heterocycles. The third kappa shape index (κ3) is 5.55. The Morgan fingerprint density at radius 3 is 2.49 bits per heavy atom. The number of carbonyl (C=O) groups is 3. The van der Waals surface area contributed by atoms with Gasteiger partial charge in [0.1, 0.15) is 12.6 Å². The fraction of sp³-hybridized carbons (Fsp3) is 0.296. The largest absolute Gasteiger partial charge is 0.858 e. The molecule has 12 heteroatoms. The van der Waals surface area contributed by atoms with Crippen molar-refractivity contribution in [1.29, 1.82) is 0 Å². The monoisotopic (exact) mass is 546 g/mol. The van der Waals surface area contributed by atoms with Gasteiger partial charge in [-0.05, 0) is 72.4 Å². The van der Waals surface area contributed by atoms with Crippen molar-refractivity contribution in [2.75, 3.05) is 5.32 Å². The third-order valence-corrected chi connectivity index (χ3v) is 7.08. The lowest BCUT2D eigenvalue weighted by Crippen LogP contribution is -2.42. The van der Waals surface area contributed by atoms with E-state index in [1.807, 2.05) is 0 Å². The second-order valence-electron chi connectivity index (χ2n) is 9.48. The van der Waals surface area contributed by atoms with Gasteiger partial charge < -0.3 is 15.3 Å².